The number of benzene rings is 1. The average molecular weight is 306 g/mol. The second-order valence-corrected chi connectivity index (χ2v) is 6.32. The van der Waals surface area contributed by atoms with Gasteiger partial charge in [-0.3, -0.25) is 0 Å². The van der Waals surface area contributed by atoms with Crippen molar-refractivity contribution < 1.29 is 44.0 Å². The molecule has 1 rings (SSSR count). The molecule has 1 aromatic carbocycles. The molecule has 0 aromatic heterocycles. The maximum atomic E-state index is 10.8. The summed E-state index contributed by atoms with van der Waals surface area (Å²) >= 11 is 0. The molecule has 0 aliphatic carbocycles. The molecule has 1 unspecified atom stereocenters. The third-order valence-corrected chi connectivity index (χ3v) is 4.33. The Balaban J connectivity index is 0. The molecule has 98 valence electrons. The molecule has 1 atom stereocenters. The summed E-state index contributed by atoms with van der Waals surface area (Å²) < 4.78 is 10.8. The number of aromatic carboxylic acids is 1. The van der Waals surface area contributed by atoms with Crippen LogP contribution in [0.15, 0.2) is 55.6 Å². The minimum Gasteiger partial charge on any atom is -0.605 e. The van der Waals surface area contributed by atoms with Gasteiger partial charge in [0, 0.05) is 10.2 Å². The van der Waals surface area contributed by atoms with E-state index in [9.17, 15) is 14.5 Å². The topological polar surface area (TPSA) is 63.2 Å². The number of carboxylic acid groups (broad SMARTS) is 1. The number of hydrogen-bond donors (Lipinski definition) is 0. The molecule has 19 heavy (non-hydrogen) atoms. The largest absolute Gasteiger partial charge is 1.00 e. The number of carbonyl (C=O) groups excluding carboxylic acids is 1. The minimum absolute atomic E-state index is 0. The zero-order valence-electron chi connectivity index (χ0n) is 10.9. The van der Waals surface area contributed by atoms with Gasteiger partial charge < -0.3 is 14.5 Å². The Kier molecular flexibility index (Phi) is 15.8. The van der Waals surface area contributed by atoms with Crippen molar-refractivity contribution in [3.63, 3.8) is 0 Å². The van der Waals surface area contributed by atoms with Gasteiger partial charge in [-0.15, -0.1) is 6.58 Å². The van der Waals surface area contributed by atoms with E-state index in [0.717, 1.165) is 5.75 Å². The standard InChI is InChI=1S/C7H6O2.C6H10OS2.Na/c8-7(9)6-4-2-1-3-5-6;1-3-5-8-9(7)6-4-2;/h1-5H,(H,8,9);3-4H,1-2,5-6H2;/q;;+1/p-1. The summed E-state index contributed by atoms with van der Waals surface area (Å²) in [4.78, 5) is 10.1. The van der Waals surface area contributed by atoms with Crippen molar-refractivity contribution in [2.75, 3.05) is 11.5 Å². The van der Waals surface area contributed by atoms with E-state index in [1.54, 1.807) is 30.4 Å². The van der Waals surface area contributed by atoms with Crippen LogP contribution in [0.5, 0.6) is 0 Å². The zero-order valence-corrected chi connectivity index (χ0v) is 14.5. The van der Waals surface area contributed by atoms with Crippen molar-refractivity contribution in [1.82, 2.24) is 0 Å². The van der Waals surface area contributed by atoms with Crippen LogP contribution >= 0.6 is 10.8 Å². The fraction of sp³-hybridized carbons (Fsp3) is 0.154. The maximum absolute atomic E-state index is 10.8. The first kappa shape index (κ1) is 21.1. The summed E-state index contributed by atoms with van der Waals surface area (Å²) in [5.74, 6) is 0.189. The van der Waals surface area contributed by atoms with Crippen molar-refractivity contribution >= 4 is 27.0 Å². The van der Waals surface area contributed by atoms with Gasteiger partial charge in [-0.25, -0.2) is 0 Å². The molecule has 0 aliphatic heterocycles. The molecule has 0 spiro atoms. The van der Waals surface area contributed by atoms with Crippen LogP contribution in [0.4, 0.5) is 0 Å². The Morgan fingerprint density at radius 3 is 2.21 bits per heavy atom. The van der Waals surface area contributed by atoms with Gasteiger partial charge in [0.25, 0.3) is 0 Å². The van der Waals surface area contributed by atoms with Gasteiger partial charge in [-0.05, 0) is 11.6 Å². The van der Waals surface area contributed by atoms with Crippen LogP contribution in [0.25, 0.3) is 0 Å². The normalized spacial score (nSPS) is 10.2. The van der Waals surface area contributed by atoms with E-state index in [0.29, 0.717) is 5.75 Å². The second kappa shape index (κ2) is 14.2. The van der Waals surface area contributed by atoms with Crippen molar-refractivity contribution in [2.24, 2.45) is 0 Å². The second-order valence-electron chi connectivity index (χ2n) is 2.99. The Morgan fingerprint density at radius 1 is 1.26 bits per heavy atom. The van der Waals surface area contributed by atoms with Crippen molar-refractivity contribution in [2.45, 2.75) is 0 Å². The molecule has 0 fully saturated rings. The Bertz CT molecular complexity index is 371. The van der Waals surface area contributed by atoms with Crippen molar-refractivity contribution in [1.29, 1.82) is 0 Å². The number of carbonyl (C=O) groups is 1. The molecule has 6 heteroatoms. The molecule has 0 heterocycles. The van der Waals surface area contributed by atoms with Gasteiger partial charge in [0.1, 0.15) is 5.75 Å². The molecule has 0 aliphatic rings. The third-order valence-electron chi connectivity index (χ3n) is 1.58. The fourth-order valence-corrected chi connectivity index (χ4v) is 2.70. The minimum atomic E-state index is -1.13. The number of rotatable bonds is 6. The van der Waals surface area contributed by atoms with Gasteiger partial charge in [-0.1, -0.05) is 43.0 Å². The molecule has 0 saturated heterocycles. The first-order chi connectivity index (χ1) is 8.61. The maximum Gasteiger partial charge on any atom is 1.00 e. The summed E-state index contributed by atoms with van der Waals surface area (Å²) in [6.45, 7) is 6.99. The van der Waals surface area contributed by atoms with E-state index < -0.39 is 16.2 Å². The quantitative estimate of drug-likeness (QED) is 0.287. The fourth-order valence-electron chi connectivity index (χ4n) is 0.843. The van der Waals surface area contributed by atoms with Crippen LogP contribution in [0.3, 0.4) is 0 Å². The molecule has 0 radical (unpaired) electrons. The average Bonchev–Trinajstić information content (AvgIpc) is 2.38. The number of carboxylic acids is 1. The van der Waals surface area contributed by atoms with E-state index in [2.05, 4.69) is 13.2 Å². The van der Waals surface area contributed by atoms with Gasteiger partial charge in [0.15, 0.2) is 0 Å². The molecular weight excluding hydrogens is 291 g/mol. The van der Waals surface area contributed by atoms with E-state index in [-0.39, 0.29) is 35.1 Å². The van der Waals surface area contributed by atoms with Crippen LogP contribution in [0.1, 0.15) is 10.4 Å². The van der Waals surface area contributed by atoms with E-state index in [1.807, 2.05) is 0 Å². The van der Waals surface area contributed by atoms with Gasteiger partial charge in [-0.2, -0.15) is 0 Å². The Labute approximate surface area is 143 Å². The van der Waals surface area contributed by atoms with Crippen LogP contribution < -0.4 is 34.7 Å². The third kappa shape index (κ3) is 12.6. The SMILES string of the molecule is C=CCS[S+]([O-])CC=C.O=C([O-])c1ccccc1.[Na+]. The predicted octanol–water partition coefficient (Wildman–Crippen LogP) is -1.19. The van der Waals surface area contributed by atoms with E-state index >= 15 is 0 Å². The van der Waals surface area contributed by atoms with E-state index in [1.165, 1.54) is 22.9 Å². The smallest absolute Gasteiger partial charge is 0.605 e. The van der Waals surface area contributed by atoms with E-state index in [4.69, 9.17) is 0 Å². The van der Waals surface area contributed by atoms with Crippen molar-refractivity contribution in [3.8, 4) is 0 Å². The summed E-state index contributed by atoms with van der Waals surface area (Å²) in [6.07, 6.45) is 3.40. The molecule has 1 aromatic rings. The summed E-state index contributed by atoms with van der Waals surface area (Å²) in [7, 11) is 0.591. The van der Waals surface area contributed by atoms with Crippen LogP contribution in [0.2, 0.25) is 0 Å². The number of hydrogen-bond acceptors (Lipinski definition) is 4. The summed E-state index contributed by atoms with van der Waals surface area (Å²) in [6, 6.07) is 8.06. The molecule has 0 N–H and O–H groups in total. The van der Waals surface area contributed by atoms with Crippen LogP contribution in [-0.2, 0) is 10.2 Å². The Hall–Kier alpha value is -0.170. The summed E-state index contributed by atoms with van der Waals surface area (Å²) in [5.41, 5.74) is 0.220. The molecule has 3 nitrogen and oxygen atoms in total. The van der Waals surface area contributed by atoms with Crippen LogP contribution in [-0.4, -0.2) is 22.0 Å². The van der Waals surface area contributed by atoms with Crippen molar-refractivity contribution in [3.05, 3.63) is 61.2 Å². The molecule has 0 amide bonds. The zero-order chi connectivity index (χ0) is 13.8. The van der Waals surface area contributed by atoms with Crippen LogP contribution in [0, 0.1) is 0 Å². The summed E-state index contributed by atoms with van der Waals surface area (Å²) in [5, 5.41) is 10.1. The monoisotopic (exact) mass is 306 g/mol. The van der Waals surface area contributed by atoms with Gasteiger partial charge in [0.05, 0.1) is 22.5 Å². The molecule has 0 bridgehead atoms. The first-order valence-electron chi connectivity index (χ1n) is 5.11. The Morgan fingerprint density at radius 2 is 1.84 bits per heavy atom. The first-order valence-corrected chi connectivity index (χ1v) is 7.93. The molecule has 0 saturated carbocycles. The molecular formula is C13H15NaO3S2. The predicted molar refractivity (Wildman–Crippen MR) is 76.6 cm³/mol. The van der Waals surface area contributed by atoms with Gasteiger partial charge >= 0.3 is 29.6 Å². The van der Waals surface area contributed by atoms with Gasteiger partial charge in [0.2, 0.25) is 0 Å².